The molecular weight excluding hydrogens is 350 g/mol. The molecule has 1 N–H and O–H groups in total. The van der Waals surface area contributed by atoms with E-state index in [0.717, 1.165) is 37.9 Å². The molecule has 1 amide bonds. The van der Waals surface area contributed by atoms with Crippen LogP contribution < -0.4 is 10.1 Å². The smallest absolute Gasteiger partial charge is 0.225 e. The average molecular weight is 380 g/mol. The van der Waals surface area contributed by atoms with Gasteiger partial charge in [-0.05, 0) is 75.6 Å². The van der Waals surface area contributed by atoms with Gasteiger partial charge in [-0.25, -0.2) is 0 Å². The lowest BCUT2D eigenvalue weighted by atomic mass is 9.58. The second-order valence-corrected chi connectivity index (χ2v) is 9.19. The van der Waals surface area contributed by atoms with Crippen molar-refractivity contribution in [3.05, 3.63) is 47.8 Å². The number of aromatic nitrogens is 2. The van der Waals surface area contributed by atoms with Crippen molar-refractivity contribution in [1.29, 1.82) is 0 Å². The lowest BCUT2D eigenvalue weighted by Crippen LogP contribution is -2.55. The van der Waals surface area contributed by atoms with Crippen molar-refractivity contribution in [1.82, 2.24) is 15.1 Å². The van der Waals surface area contributed by atoms with Crippen LogP contribution in [0, 0.1) is 11.8 Å². The summed E-state index contributed by atoms with van der Waals surface area (Å²) in [6, 6.07) is 10.6. The summed E-state index contributed by atoms with van der Waals surface area (Å²) in [7, 11) is 1.68. The number of nitrogens with one attached hydrogen (secondary N) is 1. The summed E-state index contributed by atoms with van der Waals surface area (Å²) in [5, 5.41) is 8.00. The Labute approximate surface area is 166 Å². The van der Waals surface area contributed by atoms with Crippen LogP contribution in [0.4, 0.5) is 0 Å². The fraction of sp³-hybridized carbons (Fsp3) is 0.565. The Morgan fingerprint density at radius 1 is 1.21 bits per heavy atom. The standard InChI is InChI=1S/C23H29N3O2/c1-15(2)26-19(9-13-24-26)22-10-8-16(14-22)20(22)21(27)25-23(11-12-23)17-4-6-18(28-3)7-5-17/h4-7,9,13,15-16,20H,8,10-12,14H2,1-3H3,(H,25,27). The number of ether oxygens (including phenoxy) is 1. The van der Waals surface area contributed by atoms with E-state index < -0.39 is 0 Å². The van der Waals surface area contributed by atoms with Gasteiger partial charge in [0, 0.05) is 23.3 Å². The van der Waals surface area contributed by atoms with Crippen LogP contribution in [0.25, 0.3) is 0 Å². The van der Waals surface area contributed by atoms with E-state index in [0.29, 0.717) is 12.0 Å². The molecule has 1 aromatic heterocycles. The minimum Gasteiger partial charge on any atom is -0.497 e. The number of hydrogen-bond donors (Lipinski definition) is 1. The highest BCUT2D eigenvalue weighted by Crippen LogP contribution is 2.64. The molecule has 28 heavy (non-hydrogen) atoms. The molecule has 0 radical (unpaired) electrons. The van der Waals surface area contributed by atoms with Crippen LogP contribution in [0.5, 0.6) is 5.75 Å². The van der Waals surface area contributed by atoms with E-state index in [-0.39, 0.29) is 22.8 Å². The first kappa shape index (κ1) is 17.8. The fourth-order valence-electron chi connectivity index (χ4n) is 5.78. The number of rotatable bonds is 6. The molecular formula is C23H29N3O2. The summed E-state index contributed by atoms with van der Waals surface area (Å²) in [4.78, 5) is 13.5. The average Bonchev–Trinajstić information content (AvgIpc) is 3.07. The molecule has 0 saturated heterocycles. The van der Waals surface area contributed by atoms with Crippen LogP contribution in [0.15, 0.2) is 36.5 Å². The highest BCUT2D eigenvalue weighted by molar-refractivity contribution is 5.84. The molecule has 3 unspecified atom stereocenters. The summed E-state index contributed by atoms with van der Waals surface area (Å²) in [5.41, 5.74) is 2.24. The highest BCUT2D eigenvalue weighted by Gasteiger charge is 2.65. The highest BCUT2D eigenvalue weighted by atomic mass is 16.5. The monoisotopic (exact) mass is 379 g/mol. The number of amides is 1. The summed E-state index contributed by atoms with van der Waals surface area (Å²) in [5.74, 6) is 1.68. The SMILES string of the molecule is COc1ccc(C2(NC(=O)C3C4CCC3(c3ccnn3C(C)C)C4)CC2)cc1. The Hall–Kier alpha value is -2.30. The third-order valence-corrected chi connectivity index (χ3v) is 7.36. The molecule has 2 aromatic rings. The number of benzene rings is 1. The number of fused-ring (bicyclic) bond motifs is 1. The van der Waals surface area contributed by atoms with Crippen molar-refractivity contribution in [3.63, 3.8) is 0 Å². The second kappa shape index (κ2) is 6.10. The van der Waals surface area contributed by atoms with E-state index in [1.165, 1.54) is 11.3 Å². The molecule has 3 atom stereocenters. The Morgan fingerprint density at radius 2 is 1.96 bits per heavy atom. The summed E-state index contributed by atoms with van der Waals surface area (Å²) < 4.78 is 7.40. The normalized spacial score (nSPS) is 29.4. The third-order valence-electron chi connectivity index (χ3n) is 7.36. The zero-order valence-corrected chi connectivity index (χ0v) is 16.9. The number of hydrogen-bond acceptors (Lipinski definition) is 3. The zero-order chi connectivity index (χ0) is 19.5. The molecule has 5 nitrogen and oxygen atoms in total. The molecule has 2 bridgehead atoms. The lowest BCUT2D eigenvalue weighted by molar-refractivity contribution is -0.134. The van der Waals surface area contributed by atoms with Crippen LogP contribution in [0.2, 0.25) is 0 Å². The molecule has 4 aliphatic rings. The van der Waals surface area contributed by atoms with Crippen LogP contribution in [0.1, 0.15) is 63.3 Å². The molecule has 0 spiro atoms. The van der Waals surface area contributed by atoms with Crippen molar-refractivity contribution < 1.29 is 9.53 Å². The maximum absolute atomic E-state index is 13.5. The number of nitrogens with zero attached hydrogens (tertiary/aromatic N) is 2. The zero-order valence-electron chi connectivity index (χ0n) is 16.9. The summed E-state index contributed by atoms with van der Waals surface area (Å²) in [6.07, 6.45) is 7.29. The molecule has 1 aromatic carbocycles. The van der Waals surface area contributed by atoms with E-state index in [1.807, 2.05) is 18.3 Å². The predicted octanol–water partition coefficient (Wildman–Crippen LogP) is 3.95. The maximum atomic E-state index is 13.5. The first-order valence-electron chi connectivity index (χ1n) is 10.5. The first-order valence-corrected chi connectivity index (χ1v) is 10.5. The van der Waals surface area contributed by atoms with Gasteiger partial charge < -0.3 is 10.1 Å². The Morgan fingerprint density at radius 3 is 2.57 bits per heavy atom. The minimum atomic E-state index is -0.183. The predicted molar refractivity (Wildman–Crippen MR) is 107 cm³/mol. The molecule has 1 heterocycles. The van der Waals surface area contributed by atoms with E-state index >= 15 is 0 Å². The minimum absolute atomic E-state index is 0.0223. The Balaban J connectivity index is 1.39. The molecule has 4 aliphatic carbocycles. The summed E-state index contributed by atoms with van der Waals surface area (Å²) >= 11 is 0. The maximum Gasteiger partial charge on any atom is 0.225 e. The fourth-order valence-corrected chi connectivity index (χ4v) is 5.78. The van der Waals surface area contributed by atoms with Crippen molar-refractivity contribution in [2.75, 3.05) is 7.11 Å². The first-order chi connectivity index (χ1) is 13.5. The van der Waals surface area contributed by atoms with Crippen LogP contribution in [-0.4, -0.2) is 22.8 Å². The lowest BCUT2D eigenvalue weighted by Gasteiger charge is -2.47. The quantitative estimate of drug-likeness (QED) is 0.827. The molecule has 4 fully saturated rings. The van der Waals surface area contributed by atoms with E-state index in [4.69, 9.17) is 4.74 Å². The van der Waals surface area contributed by atoms with Crippen LogP contribution in [-0.2, 0) is 15.7 Å². The Kier molecular flexibility index (Phi) is 3.87. The number of methoxy groups -OCH3 is 1. The van der Waals surface area contributed by atoms with Gasteiger partial charge in [0.15, 0.2) is 0 Å². The van der Waals surface area contributed by atoms with Gasteiger partial charge >= 0.3 is 0 Å². The molecule has 6 rings (SSSR count). The van der Waals surface area contributed by atoms with Crippen molar-refractivity contribution >= 4 is 5.91 Å². The van der Waals surface area contributed by atoms with Gasteiger partial charge in [0.25, 0.3) is 0 Å². The molecule has 4 saturated carbocycles. The van der Waals surface area contributed by atoms with Gasteiger partial charge in [-0.1, -0.05) is 12.1 Å². The molecule has 148 valence electrons. The van der Waals surface area contributed by atoms with Gasteiger partial charge in [-0.2, -0.15) is 5.10 Å². The number of carbonyl (C=O) groups is 1. The topological polar surface area (TPSA) is 56.1 Å². The van der Waals surface area contributed by atoms with Crippen LogP contribution in [0.3, 0.4) is 0 Å². The third kappa shape index (κ3) is 2.44. The number of carbonyl (C=O) groups excluding carboxylic acids is 1. The van der Waals surface area contributed by atoms with E-state index in [9.17, 15) is 4.79 Å². The van der Waals surface area contributed by atoms with E-state index in [2.05, 4.69) is 47.1 Å². The van der Waals surface area contributed by atoms with Crippen molar-refractivity contribution in [2.24, 2.45) is 11.8 Å². The molecule has 0 aliphatic heterocycles. The summed E-state index contributed by atoms with van der Waals surface area (Å²) in [6.45, 7) is 4.33. The van der Waals surface area contributed by atoms with Crippen LogP contribution >= 0.6 is 0 Å². The van der Waals surface area contributed by atoms with Gasteiger partial charge in [-0.3, -0.25) is 9.48 Å². The Bertz CT molecular complexity index is 893. The molecule has 5 heteroatoms. The van der Waals surface area contributed by atoms with Gasteiger partial charge in [0.05, 0.1) is 18.6 Å². The van der Waals surface area contributed by atoms with Gasteiger partial charge in [0.2, 0.25) is 5.91 Å². The largest absolute Gasteiger partial charge is 0.497 e. The van der Waals surface area contributed by atoms with Gasteiger partial charge in [-0.15, -0.1) is 0 Å². The van der Waals surface area contributed by atoms with Gasteiger partial charge in [0.1, 0.15) is 5.75 Å². The van der Waals surface area contributed by atoms with Crippen molar-refractivity contribution in [2.45, 2.75) is 62.9 Å². The van der Waals surface area contributed by atoms with Crippen molar-refractivity contribution in [3.8, 4) is 5.75 Å². The van der Waals surface area contributed by atoms with E-state index in [1.54, 1.807) is 7.11 Å². The second-order valence-electron chi connectivity index (χ2n) is 9.19.